The number of ether oxygens (including phenoxy) is 1. The number of aliphatic hydroxyl groups excluding tert-OH is 1. The fourth-order valence-corrected chi connectivity index (χ4v) is 1.24. The number of aliphatic hydroxyl groups is 1. The molecule has 1 aromatic carbocycles. The highest BCUT2D eigenvalue weighted by Crippen LogP contribution is 2.29. The lowest BCUT2D eigenvalue weighted by Gasteiger charge is -2.22. The molecule has 1 rings (SSSR count). The Kier molecular flexibility index (Phi) is 3.29. The normalized spacial score (nSPS) is 11.6. The van der Waals surface area contributed by atoms with Crippen molar-refractivity contribution in [3.05, 3.63) is 29.3 Å². The molecule has 1 N–H and O–H groups in total. The first kappa shape index (κ1) is 11.9. The van der Waals surface area contributed by atoms with Crippen LogP contribution < -0.4 is 4.74 Å². The van der Waals surface area contributed by atoms with Gasteiger partial charge in [0.05, 0.1) is 13.7 Å². The molecule has 0 radical (unpaired) electrons. The molecule has 84 valence electrons. The fourth-order valence-electron chi connectivity index (χ4n) is 1.24. The fraction of sp³-hybridized carbons (Fsp3) is 0.455. The minimum absolute atomic E-state index is 0.182. The number of hydrogen-bond acceptors (Lipinski definition) is 2. The Hall–Kier alpha value is -1.16. The zero-order valence-electron chi connectivity index (χ0n) is 8.97. The zero-order chi connectivity index (χ0) is 11.6. The SMILES string of the molecule is COc1c(F)cc(C(C)(C)CO)cc1F. The first-order valence-electron chi connectivity index (χ1n) is 4.56. The summed E-state index contributed by atoms with van der Waals surface area (Å²) in [6.45, 7) is 3.22. The van der Waals surface area contributed by atoms with E-state index in [1.54, 1.807) is 13.8 Å². The highest BCUT2D eigenvalue weighted by molar-refractivity contribution is 5.34. The third-order valence-corrected chi connectivity index (χ3v) is 2.38. The first-order chi connectivity index (χ1) is 6.92. The van der Waals surface area contributed by atoms with Gasteiger partial charge in [0.1, 0.15) is 0 Å². The molecule has 2 nitrogen and oxygen atoms in total. The van der Waals surface area contributed by atoms with Crippen LogP contribution in [0, 0.1) is 11.6 Å². The Balaban J connectivity index is 3.26. The third kappa shape index (κ3) is 2.26. The van der Waals surface area contributed by atoms with Crippen LogP contribution >= 0.6 is 0 Å². The van der Waals surface area contributed by atoms with Crippen molar-refractivity contribution >= 4 is 0 Å². The summed E-state index contributed by atoms with van der Waals surface area (Å²) in [5.41, 5.74) is -0.269. The van der Waals surface area contributed by atoms with Gasteiger partial charge in [0, 0.05) is 5.41 Å². The number of benzene rings is 1. The van der Waals surface area contributed by atoms with Gasteiger partial charge in [-0.1, -0.05) is 13.8 Å². The first-order valence-corrected chi connectivity index (χ1v) is 4.56. The van der Waals surface area contributed by atoms with E-state index in [1.165, 1.54) is 19.2 Å². The topological polar surface area (TPSA) is 29.5 Å². The van der Waals surface area contributed by atoms with Crippen LogP contribution in [0.25, 0.3) is 0 Å². The average molecular weight is 216 g/mol. The lowest BCUT2D eigenvalue weighted by molar-refractivity contribution is 0.217. The van der Waals surface area contributed by atoms with E-state index in [9.17, 15) is 8.78 Å². The van der Waals surface area contributed by atoms with Crippen LogP contribution in [0.4, 0.5) is 8.78 Å². The van der Waals surface area contributed by atoms with Crippen LogP contribution in [-0.2, 0) is 5.41 Å². The molecule has 0 aliphatic heterocycles. The van der Waals surface area contributed by atoms with E-state index in [4.69, 9.17) is 5.11 Å². The summed E-state index contributed by atoms with van der Waals surface area (Å²) >= 11 is 0. The van der Waals surface area contributed by atoms with Gasteiger partial charge >= 0.3 is 0 Å². The Morgan fingerprint density at radius 1 is 1.27 bits per heavy atom. The quantitative estimate of drug-likeness (QED) is 0.839. The van der Waals surface area contributed by atoms with E-state index in [0.29, 0.717) is 5.56 Å². The predicted molar refractivity (Wildman–Crippen MR) is 53.0 cm³/mol. The maximum atomic E-state index is 13.3. The van der Waals surface area contributed by atoms with Gasteiger partial charge in [0.2, 0.25) is 0 Å². The smallest absolute Gasteiger partial charge is 0.190 e. The van der Waals surface area contributed by atoms with Gasteiger partial charge in [-0.25, -0.2) is 8.78 Å². The number of rotatable bonds is 3. The summed E-state index contributed by atoms with van der Waals surface area (Å²) in [5, 5.41) is 9.08. The lowest BCUT2D eigenvalue weighted by Crippen LogP contribution is -2.22. The molecular formula is C11H14F2O2. The Morgan fingerprint density at radius 3 is 2.07 bits per heavy atom. The number of halogens is 2. The van der Waals surface area contributed by atoms with Crippen molar-refractivity contribution in [2.75, 3.05) is 13.7 Å². The average Bonchev–Trinajstić information content (AvgIpc) is 2.17. The minimum atomic E-state index is -0.756. The molecule has 0 aliphatic carbocycles. The maximum Gasteiger partial charge on any atom is 0.190 e. The highest BCUT2D eigenvalue weighted by atomic mass is 19.1. The number of methoxy groups -OCH3 is 1. The Bertz CT molecular complexity index is 339. The van der Waals surface area contributed by atoms with Crippen LogP contribution in [0.2, 0.25) is 0 Å². The minimum Gasteiger partial charge on any atom is -0.491 e. The van der Waals surface area contributed by atoms with E-state index in [1.807, 2.05) is 0 Å². The summed E-state index contributed by atoms with van der Waals surface area (Å²) in [6.07, 6.45) is 0. The molecule has 0 unspecified atom stereocenters. The monoisotopic (exact) mass is 216 g/mol. The van der Waals surface area contributed by atoms with Crippen molar-refractivity contribution in [3.63, 3.8) is 0 Å². The van der Waals surface area contributed by atoms with Crippen molar-refractivity contribution in [3.8, 4) is 5.75 Å². The van der Waals surface area contributed by atoms with Gasteiger partial charge in [0.15, 0.2) is 17.4 Å². The summed E-state index contributed by atoms with van der Waals surface area (Å²) in [6, 6.07) is 2.36. The second-order valence-electron chi connectivity index (χ2n) is 4.02. The molecule has 0 amide bonds. The highest BCUT2D eigenvalue weighted by Gasteiger charge is 2.23. The Labute approximate surface area is 87.5 Å². The van der Waals surface area contributed by atoms with Crippen molar-refractivity contribution in [1.29, 1.82) is 0 Å². The predicted octanol–water partition coefficient (Wildman–Crippen LogP) is 2.24. The third-order valence-electron chi connectivity index (χ3n) is 2.38. The van der Waals surface area contributed by atoms with Gasteiger partial charge in [-0.3, -0.25) is 0 Å². The van der Waals surface area contributed by atoms with Crippen LogP contribution in [0.3, 0.4) is 0 Å². The van der Waals surface area contributed by atoms with Gasteiger partial charge < -0.3 is 9.84 Å². The van der Waals surface area contributed by atoms with Crippen molar-refractivity contribution in [2.45, 2.75) is 19.3 Å². The lowest BCUT2D eigenvalue weighted by atomic mass is 9.85. The van der Waals surface area contributed by atoms with Gasteiger partial charge in [-0.05, 0) is 17.7 Å². The molecule has 0 atom stereocenters. The zero-order valence-corrected chi connectivity index (χ0v) is 8.97. The number of hydrogen-bond donors (Lipinski definition) is 1. The van der Waals surface area contributed by atoms with Gasteiger partial charge in [0.25, 0.3) is 0 Å². The van der Waals surface area contributed by atoms with E-state index < -0.39 is 22.8 Å². The van der Waals surface area contributed by atoms with Gasteiger partial charge in [-0.15, -0.1) is 0 Å². The van der Waals surface area contributed by atoms with Crippen molar-refractivity contribution in [1.82, 2.24) is 0 Å². The molecule has 15 heavy (non-hydrogen) atoms. The van der Waals surface area contributed by atoms with Crippen LogP contribution in [0.15, 0.2) is 12.1 Å². The van der Waals surface area contributed by atoms with Crippen LogP contribution in [-0.4, -0.2) is 18.8 Å². The molecule has 0 aromatic heterocycles. The summed E-state index contributed by atoms with van der Waals surface area (Å²) in [7, 11) is 1.21. The molecule has 1 aromatic rings. The molecule has 0 fully saturated rings. The van der Waals surface area contributed by atoms with Crippen molar-refractivity contribution < 1.29 is 18.6 Å². The molecular weight excluding hydrogens is 202 g/mol. The summed E-state index contributed by atoms with van der Waals surface area (Å²) in [5.74, 6) is -1.91. The van der Waals surface area contributed by atoms with Gasteiger partial charge in [-0.2, -0.15) is 0 Å². The van der Waals surface area contributed by atoms with Crippen molar-refractivity contribution in [2.24, 2.45) is 0 Å². The van der Waals surface area contributed by atoms with E-state index in [-0.39, 0.29) is 6.61 Å². The van der Waals surface area contributed by atoms with Crippen LogP contribution in [0.5, 0.6) is 5.75 Å². The summed E-state index contributed by atoms with van der Waals surface area (Å²) in [4.78, 5) is 0. The molecule has 0 heterocycles. The molecule has 0 saturated heterocycles. The molecule has 0 aliphatic rings. The molecule has 0 saturated carbocycles. The molecule has 0 spiro atoms. The second kappa shape index (κ2) is 4.14. The van der Waals surface area contributed by atoms with Crippen LogP contribution in [0.1, 0.15) is 19.4 Å². The van der Waals surface area contributed by atoms with E-state index in [0.717, 1.165) is 0 Å². The van der Waals surface area contributed by atoms with E-state index >= 15 is 0 Å². The second-order valence-corrected chi connectivity index (χ2v) is 4.02. The largest absolute Gasteiger partial charge is 0.491 e. The Morgan fingerprint density at radius 2 is 1.73 bits per heavy atom. The summed E-state index contributed by atoms with van der Waals surface area (Å²) < 4.78 is 31.2. The molecule has 0 bridgehead atoms. The maximum absolute atomic E-state index is 13.3. The molecule has 4 heteroatoms. The standard InChI is InChI=1S/C11H14F2O2/c1-11(2,6-14)7-4-8(12)10(15-3)9(13)5-7/h4-5,14H,6H2,1-3H3. The van der Waals surface area contributed by atoms with E-state index in [2.05, 4.69) is 4.74 Å².